The molecule has 0 fully saturated rings. The number of carbonyl (C=O) groups excluding carboxylic acids is 1. The zero-order valence-corrected chi connectivity index (χ0v) is 23.7. The molecular formula is C32H43NO5. The standard InChI is InChI=1S/C32H43NO5/c1-6-24-17-15-16-23(3)29(24)26-20-25-22-33-28(21-27(25)38-30(26)34)36-18-13-11-9-8-10-12-14-19-37-31(35)32(4,5)7-2/h15-17,20-22H,6-14,18-19H2,1-5H3. The van der Waals surface area contributed by atoms with Crippen molar-refractivity contribution in [1.82, 2.24) is 4.98 Å². The zero-order valence-electron chi connectivity index (χ0n) is 23.7. The number of nitrogens with zero attached hydrogens (tertiary/aromatic N) is 1. The molecule has 0 radical (unpaired) electrons. The maximum Gasteiger partial charge on any atom is 0.344 e. The smallest absolute Gasteiger partial charge is 0.344 e. The maximum atomic E-state index is 12.8. The van der Waals surface area contributed by atoms with Crippen LogP contribution in [0.2, 0.25) is 0 Å². The number of aryl methyl sites for hydroxylation is 2. The number of pyridine rings is 1. The third kappa shape index (κ3) is 7.92. The molecule has 0 bridgehead atoms. The Kier molecular flexibility index (Phi) is 10.9. The van der Waals surface area contributed by atoms with Crippen LogP contribution in [-0.4, -0.2) is 24.2 Å². The van der Waals surface area contributed by atoms with Gasteiger partial charge in [0.1, 0.15) is 5.58 Å². The van der Waals surface area contributed by atoms with E-state index < -0.39 is 0 Å². The van der Waals surface area contributed by atoms with E-state index in [2.05, 4.69) is 18.0 Å². The molecule has 0 N–H and O–H groups in total. The first-order chi connectivity index (χ1) is 18.3. The van der Waals surface area contributed by atoms with Crippen molar-refractivity contribution in [1.29, 1.82) is 0 Å². The molecule has 0 atom stereocenters. The second-order valence-corrected chi connectivity index (χ2v) is 10.7. The van der Waals surface area contributed by atoms with Crippen LogP contribution in [0.4, 0.5) is 0 Å². The molecule has 2 aromatic heterocycles. The maximum absolute atomic E-state index is 12.8. The summed E-state index contributed by atoms with van der Waals surface area (Å²) < 4.78 is 16.9. The highest BCUT2D eigenvalue weighted by Gasteiger charge is 2.26. The van der Waals surface area contributed by atoms with Gasteiger partial charge in [0.25, 0.3) is 0 Å². The Hall–Kier alpha value is -3.15. The van der Waals surface area contributed by atoms with Gasteiger partial charge in [-0.05, 0) is 69.2 Å². The average molecular weight is 522 g/mol. The average Bonchev–Trinajstić information content (AvgIpc) is 2.91. The van der Waals surface area contributed by atoms with Crippen molar-refractivity contribution in [3.63, 3.8) is 0 Å². The summed E-state index contributed by atoms with van der Waals surface area (Å²) in [7, 11) is 0. The van der Waals surface area contributed by atoms with Crippen molar-refractivity contribution in [3.05, 3.63) is 58.1 Å². The summed E-state index contributed by atoms with van der Waals surface area (Å²) >= 11 is 0. The highest BCUT2D eigenvalue weighted by Crippen LogP contribution is 2.28. The number of benzene rings is 1. The minimum atomic E-state index is -0.387. The van der Waals surface area contributed by atoms with Crippen LogP contribution in [0.1, 0.15) is 90.2 Å². The number of carbonyl (C=O) groups is 1. The largest absolute Gasteiger partial charge is 0.478 e. The number of fused-ring (bicyclic) bond motifs is 1. The summed E-state index contributed by atoms with van der Waals surface area (Å²) in [6.45, 7) is 11.1. The van der Waals surface area contributed by atoms with Crippen molar-refractivity contribution in [2.75, 3.05) is 13.2 Å². The lowest BCUT2D eigenvalue weighted by atomic mass is 9.91. The Morgan fingerprint density at radius 2 is 1.66 bits per heavy atom. The molecule has 0 aliphatic carbocycles. The van der Waals surface area contributed by atoms with Gasteiger partial charge in [-0.1, -0.05) is 64.2 Å². The van der Waals surface area contributed by atoms with Gasteiger partial charge in [0.05, 0.1) is 24.2 Å². The van der Waals surface area contributed by atoms with Crippen molar-refractivity contribution in [2.45, 2.75) is 92.4 Å². The fourth-order valence-corrected chi connectivity index (χ4v) is 4.43. The summed E-state index contributed by atoms with van der Waals surface area (Å²) in [4.78, 5) is 29.2. The lowest BCUT2D eigenvalue weighted by Crippen LogP contribution is -2.26. The van der Waals surface area contributed by atoms with Gasteiger partial charge in [-0.3, -0.25) is 4.79 Å². The van der Waals surface area contributed by atoms with Gasteiger partial charge in [0.15, 0.2) is 0 Å². The van der Waals surface area contributed by atoms with E-state index in [1.807, 2.05) is 45.9 Å². The first-order valence-corrected chi connectivity index (χ1v) is 14.1. The Labute approximate surface area is 226 Å². The molecule has 0 amide bonds. The van der Waals surface area contributed by atoms with Crippen LogP contribution in [0.15, 0.2) is 45.7 Å². The van der Waals surface area contributed by atoms with Gasteiger partial charge in [-0.2, -0.15) is 0 Å². The molecular weight excluding hydrogens is 478 g/mol. The van der Waals surface area contributed by atoms with Crippen molar-refractivity contribution in [2.24, 2.45) is 5.41 Å². The van der Waals surface area contributed by atoms with Crippen LogP contribution in [0.3, 0.4) is 0 Å². The second-order valence-electron chi connectivity index (χ2n) is 10.7. The first kappa shape index (κ1) is 29.4. The van der Waals surface area contributed by atoms with Crippen LogP contribution in [0.25, 0.3) is 22.1 Å². The summed E-state index contributed by atoms with van der Waals surface area (Å²) in [5, 5.41) is 0.779. The molecule has 3 rings (SSSR count). The van der Waals surface area contributed by atoms with E-state index >= 15 is 0 Å². The van der Waals surface area contributed by atoms with Crippen molar-refractivity contribution >= 4 is 16.9 Å². The molecule has 6 nitrogen and oxygen atoms in total. The van der Waals surface area contributed by atoms with Gasteiger partial charge < -0.3 is 13.9 Å². The fourth-order valence-electron chi connectivity index (χ4n) is 4.43. The summed E-state index contributed by atoms with van der Waals surface area (Å²) in [6, 6.07) is 9.65. The number of aromatic nitrogens is 1. The number of rotatable bonds is 15. The topological polar surface area (TPSA) is 78.6 Å². The normalized spacial score (nSPS) is 11.6. The number of ether oxygens (including phenoxy) is 2. The summed E-state index contributed by atoms with van der Waals surface area (Å²) in [6.07, 6.45) is 10.8. The van der Waals surface area contributed by atoms with Gasteiger partial charge in [0.2, 0.25) is 5.88 Å². The van der Waals surface area contributed by atoms with Gasteiger partial charge in [0, 0.05) is 17.6 Å². The van der Waals surface area contributed by atoms with Crippen molar-refractivity contribution < 1.29 is 18.7 Å². The molecule has 0 aliphatic rings. The van der Waals surface area contributed by atoms with E-state index in [1.165, 1.54) is 0 Å². The highest BCUT2D eigenvalue weighted by atomic mass is 16.5. The SMILES string of the molecule is CCc1cccc(C)c1-c1cc2cnc(OCCCCCCCCCOC(=O)C(C)(C)CC)cc2oc1=O. The Bertz CT molecular complexity index is 1260. The van der Waals surface area contributed by atoms with E-state index in [-0.39, 0.29) is 17.0 Å². The van der Waals surface area contributed by atoms with Crippen LogP contribution in [0.5, 0.6) is 5.88 Å². The summed E-state index contributed by atoms with van der Waals surface area (Å²) in [5.41, 5.74) is 3.46. The quantitative estimate of drug-likeness (QED) is 0.150. The summed E-state index contributed by atoms with van der Waals surface area (Å²) in [5.74, 6) is 0.375. The molecule has 0 saturated heterocycles. The number of hydrogen-bond acceptors (Lipinski definition) is 6. The van der Waals surface area contributed by atoms with Crippen molar-refractivity contribution in [3.8, 4) is 17.0 Å². The van der Waals surface area contributed by atoms with E-state index in [1.54, 1.807) is 12.3 Å². The molecule has 1 aromatic carbocycles. The predicted molar refractivity (Wildman–Crippen MR) is 153 cm³/mol. The number of unbranched alkanes of at least 4 members (excludes halogenated alkanes) is 6. The van der Waals surface area contributed by atoms with Crippen LogP contribution in [-0.2, 0) is 16.0 Å². The Balaban J connectivity index is 1.39. The van der Waals surface area contributed by atoms with Gasteiger partial charge >= 0.3 is 11.6 Å². The number of hydrogen-bond donors (Lipinski definition) is 0. The van der Waals surface area contributed by atoms with Crippen LogP contribution >= 0.6 is 0 Å². The minimum absolute atomic E-state index is 0.0966. The zero-order chi connectivity index (χ0) is 27.5. The molecule has 2 heterocycles. The third-order valence-corrected chi connectivity index (χ3v) is 7.31. The predicted octanol–water partition coefficient (Wildman–Crippen LogP) is 7.81. The molecule has 206 valence electrons. The minimum Gasteiger partial charge on any atom is -0.478 e. The van der Waals surface area contributed by atoms with Gasteiger partial charge in [-0.25, -0.2) is 9.78 Å². The molecule has 38 heavy (non-hydrogen) atoms. The van der Waals surface area contributed by atoms with Crippen LogP contribution < -0.4 is 10.4 Å². The molecule has 0 aliphatic heterocycles. The lowest BCUT2D eigenvalue weighted by Gasteiger charge is -2.20. The lowest BCUT2D eigenvalue weighted by molar-refractivity contribution is -0.154. The van der Waals surface area contributed by atoms with E-state index in [0.29, 0.717) is 30.2 Å². The molecule has 6 heteroatoms. The second kappa shape index (κ2) is 14.1. The molecule has 0 unspecified atom stereocenters. The highest BCUT2D eigenvalue weighted by molar-refractivity contribution is 5.83. The molecule has 3 aromatic rings. The Morgan fingerprint density at radius 3 is 2.34 bits per heavy atom. The van der Waals surface area contributed by atoms with Crippen LogP contribution in [0, 0.1) is 12.3 Å². The van der Waals surface area contributed by atoms with Gasteiger partial charge in [-0.15, -0.1) is 0 Å². The Morgan fingerprint density at radius 1 is 0.974 bits per heavy atom. The third-order valence-electron chi connectivity index (χ3n) is 7.31. The first-order valence-electron chi connectivity index (χ1n) is 14.1. The van der Waals surface area contributed by atoms with E-state index in [9.17, 15) is 9.59 Å². The monoisotopic (exact) mass is 521 g/mol. The number of esters is 1. The molecule has 0 saturated carbocycles. The fraction of sp³-hybridized carbons (Fsp3) is 0.531. The molecule has 0 spiro atoms. The van der Waals surface area contributed by atoms with E-state index in [4.69, 9.17) is 13.9 Å². The van der Waals surface area contributed by atoms with E-state index in [0.717, 1.165) is 79.9 Å².